The fourth-order valence-electron chi connectivity index (χ4n) is 4.55. The first-order chi connectivity index (χ1) is 11.7. The number of rotatable bonds is 5. The lowest BCUT2D eigenvalue weighted by atomic mass is 9.84. The van der Waals surface area contributed by atoms with Crippen LogP contribution in [0.3, 0.4) is 0 Å². The van der Waals surface area contributed by atoms with Crippen LogP contribution in [0.5, 0.6) is 0 Å². The second-order valence-electron chi connectivity index (χ2n) is 7.29. The number of hydrogen-bond donors (Lipinski definition) is 1. The summed E-state index contributed by atoms with van der Waals surface area (Å²) in [5, 5.41) is 14.3. The number of amides is 1. The van der Waals surface area contributed by atoms with Crippen molar-refractivity contribution in [3.63, 3.8) is 0 Å². The number of benzene rings is 1. The maximum atomic E-state index is 12.4. The number of nitrogens with one attached hydrogen (secondary N) is 1. The summed E-state index contributed by atoms with van der Waals surface area (Å²) in [6.45, 7) is 2.17. The van der Waals surface area contributed by atoms with Gasteiger partial charge in [-0.1, -0.05) is 18.6 Å². The van der Waals surface area contributed by atoms with E-state index in [1.54, 1.807) is 11.0 Å². The van der Waals surface area contributed by atoms with E-state index in [-0.39, 0.29) is 11.9 Å². The van der Waals surface area contributed by atoms with Crippen molar-refractivity contribution in [3.8, 4) is 5.69 Å². The molecule has 2 aromatic rings. The van der Waals surface area contributed by atoms with Gasteiger partial charge in [0, 0.05) is 6.04 Å². The minimum Gasteiger partial charge on any atom is -0.353 e. The van der Waals surface area contributed by atoms with Crippen LogP contribution in [-0.2, 0) is 11.2 Å². The predicted molar refractivity (Wildman–Crippen MR) is 89.4 cm³/mol. The maximum absolute atomic E-state index is 12.4. The molecule has 2 fully saturated rings. The first kappa shape index (κ1) is 15.3. The molecule has 0 aliphatic heterocycles. The molecule has 0 radical (unpaired) electrons. The summed E-state index contributed by atoms with van der Waals surface area (Å²) in [6.07, 6.45) is 7.40. The minimum absolute atomic E-state index is 0.112. The number of hydrogen-bond acceptors (Lipinski definition) is 4. The molecule has 1 heterocycles. The largest absolute Gasteiger partial charge is 0.353 e. The van der Waals surface area contributed by atoms with Crippen molar-refractivity contribution < 1.29 is 4.79 Å². The van der Waals surface area contributed by atoms with Gasteiger partial charge in [-0.3, -0.25) is 4.79 Å². The molecule has 0 spiro atoms. The lowest BCUT2D eigenvalue weighted by molar-refractivity contribution is -0.121. The normalized spacial score (nSPS) is 26.5. The summed E-state index contributed by atoms with van der Waals surface area (Å²) in [6, 6.07) is 8.06. The molecule has 4 atom stereocenters. The SMILES string of the molecule is C[C@@H](NC(=O)Cc1ccc(-n2cnnn2)cc1)[C@@H]1C[C@H]2CC[C@H]1C2. The van der Waals surface area contributed by atoms with Gasteiger partial charge in [0.1, 0.15) is 6.33 Å². The van der Waals surface area contributed by atoms with Crippen LogP contribution in [-0.4, -0.2) is 32.2 Å². The second kappa shape index (κ2) is 6.34. The molecule has 2 bridgehead atoms. The molecule has 0 saturated heterocycles. The van der Waals surface area contributed by atoms with E-state index in [4.69, 9.17) is 0 Å². The minimum atomic E-state index is 0.112. The third-order valence-electron chi connectivity index (χ3n) is 5.74. The monoisotopic (exact) mass is 325 g/mol. The van der Waals surface area contributed by atoms with Crippen molar-refractivity contribution >= 4 is 5.91 Å². The Bertz CT molecular complexity index is 697. The topological polar surface area (TPSA) is 72.7 Å². The standard InChI is InChI=1S/C18H23N5O/c1-12(17-9-14-2-5-15(17)8-14)20-18(24)10-13-3-6-16(7-4-13)23-11-19-21-22-23/h3-4,6-7,11-12,14-15,17H,2,5,8-10H2,1H3,(H,20,24)/t12-,14+,15+,17+/m1/s1. The van der Waals surface area contributed by atoms with Gasteiger partial charge in [-0.25, -0.2) is 4.68 Å². The first-order valence-electron chi connectivity index (χ1n) is 8.80. The number of fused-ring (bicyclic) bond motifs is 2. The first-order valence-corrected chi connectivity index (χ1v) is 8.80. The highest BCUT2D eigenvalue weighted by Gasteiger charge is 2.42. The number of aromatic nitrogens is 4. The van der Waals surface area contributed by atoms with Crippen molar-refractivity contribution in [2.75, 3.05) is 0 Å². The molecule has 2 aliphatic carbocycles. The van der Waals surface area contributed by atoms with Gasteiger partial charge in [-0.05, 0) is 72.1 Å². The van der Waals surface area contributed by atoms with E-state index < -0.39 is 0 Å². The zero-order valence-corrected chi connectivity index (χ0v) is 13.9. The van der Waals surface area contributed by atoms with Gasteiger partial charge in [-0.2, -0.15) is 0 Å². The third kappa shape index (κ3) is 3.05. The van der Waals surface area contributed by atoms with Crippen LogP contribution >= 0.6 is 0 Å². The number of carbonyl (C=O) groups is 1. The quantitative estimate of drug-likeness (QED) is 0.914. The summed E-state index contributed by atoms with van der Waals surface area (Å²) in [4.78, 5) is 12.4. The Morgan fingerprint density at radius 1 is 1.29 bits per heavy atom. The Morgan fingerprint density at radius 3 is 2.75 bits per heavy atom. The zero-order valence-electron chi connectivity index (χ0n) is 13.9. The van der Waals surface area contributed by atoms with Gasteiger partial charge in [-0.15, -0.1) is 5.10 Å². The van der Waals surface area contributed by atoms with Crippen LogP contribution in [0.25, 0.3) is 5.69 Å². The average Bonchev–Trinajstić information content (AvgIpc) is 3.33. The molecule has 1 amide bonds. The smallest absolute Gasteiger partial charge is 0.224 e. The molecule has 1 aromatic carbocycles. The fourth-order valence-corrected chi connectivity index (χ4v) is 4.55. The lowest BCUT2D eigenvalue weighted by Gasteiger charge is -2.28. The average molecular weight is 325 g/mol. The molecule has 2 saturated carbocycles. The lowest BCUT2D eigenvalue weighted by Crippen LogP contribution is -2.40. The van der Waals surface area contributed by atoms with Crippen molar-refractivity contribution in [3.05, 3.63) is 36.2 Å². The Hall–Kier alpha value is -2.24. The fraction of sp³-hybridized carbons (Fsp3) is 0.556. The van der Waals surface area contributed by atoms with Crippen LogP contribution < -0.4 is 5.32 Å². The van der Waals surface area contributed by atoms with Crippen molar-refractivity contribution in [2.45, 2.75) is 45.1 Å². The van der Waals surface area contributed by atoms with Gasteiger partial charge in [0.2, 0.25) is 5.91 Å². The van der Waals surface area contributed by atoms with Gasteiger partial charge < -0.3 is 5.32 Å². The Kier molecular flexibility index (Phi) is 4.04. The van der Waals surface area contributed by atoms with Crippen LogP contribution in [0.4, 0.5) is 0 Å². The Labute approximate surface area is 141 Å². The van der Waals surface area contributed by atoms with E-state index in [0.29, 0.717) is 12.3 Å². The highest BCUT2D eigenvalue weighted by Crippen LogP contribution is 2.49. The van der Waals surface area contributed by atoms with Crippen LogP contribution in [0.15, 0.2) is 30.6 Å². The third-order valence-corrected chi connectivity index (χ3v) is 5.74. The highest BCUT2D eigenvalue weighted by atomic mass is 16.1. The van der Waals surface area contributed by atoms with Crippen LogP contribution in [0.1, 0.15) is 38.2 Å². The van der Waals surface area contributed by atoms with E-state index in [1.807, 2.05) is 24.3 Å². The molecular formula is C18H23N5O. The molecule has 2 aliphatic rings. The number of tetrazole rings is 1. The zero-order chi connectivity index (χ0) is 16.5. The molecular weight excluding hydrogens is 302 g/mol. The van der Waals surface area contributed by atoms with Crippen molar-refractivity contribution in [1.82, 2.24) is 25.5 Å². The molecule has 126 valence electrons. The maximum Gasteiger partial charge on any atom is 0.224 e. The van der Waals surface area contributed by atoms with Gasteiger partial charge in [0.05, 0.1) is 12.1 Å². The molecule has 4 rings (SSSR count). The number of nitrogens with zero attached hydrogens (tertiary/aromatic N) is 4. The van der Waals surface area contributed by atoms with Gasteiger partial charge in [0.15, 0.2) is 0 Å². The summed E-state index contributed by atoms with van der Waals surface area (Å²) in [5.74, 6) is 2.54. The number of carbonyl (C=O) groups excluding carboxylic acids is 1. The molecule has 24 heavy (non-hydrogen) atoms. The van der Waals surface area contributed by atoms with Crippen molar-refractivity contribution in [1.29, 1.82) is 0 Å². The molecule has 1 aromatic heterocycles. The van der Waals surface area contributed by atoms with E-state index >= 15 is 0 Å². The van der Waals surface area contributed by atoms with E-state index in [1.165, 1.54) is 25.7 Å². The molecule has 1 N–H and O–H groups in total. The summed E-state index contributed by atoms with van der Waals surface area (Å²) in [5.41, 5.74) is 1.89. The van der Waals surface area contributed by atoms with Crippen LogP contribution in [0, 0.1) is 17.8 Å². The Balaban J connectivity index is 1.32. The van der Waals surface area contributed by atoms with Gasteiger partial charge in [0.25, 0.3) is 0 Å². The summed E-state index contributed by atoms with van der Waals surface area (Å²) < 4.78 is 1.60. The van der Waals surface area contributed by atoms with Gasteiger partial charge >= 0.3 is 0 Å². The van der Waals surface area contributed by atoms with Crippen molar-refractivity contribution in [2.24, 2.45) is 17.8 Å². The molecule has 6 heteroatoms. The molecule has 0 unspecified atom stereocenters. The second-order valence-corrected chi connectivity index (χ2v) is 7.29. The predicted octanol–water partition coefficient (Wildman–Crippen LogP) is 2.15. The van der Waals surface area contributed by atoms with Crippen LogP contribution in [0.2, 0.25) is 0 Å². The Morgan fingerprint density at radius 2 is 2.12 bits per heavy atom. The summed E-state index contributed by atoms with van der Waals surface area (Å²) in [7, 11) is 0. The van der Waals surface area contributed by atoms with E-state index in [2.05, 4.69) is 27.8 Å². The van der Waals surface area contributed by atoms with E-state index in [9.17, 15) is 4.79 Å². The van der Waals surface area contributed by atoms with E-state index in [0.717, 1.165) is 23.1 Å². The summed E-state index contributed by atoms with van der Waals surface area (Å²) >= 11 is 0. The highest BCUT2D eigenvalue weighted by molar-refractivity contribution is 5.78. The molecule has 6 nitrogen and oxygen atoms in total.